The molecular weight excluding hydrogens is 244 g/mol. The van der Waals surface area contributed by atoms with Crippen LogP contribution in [0.5, 0.6) is 5.75 Å². The normalized spacial score (nSPS) is 18.4. The number of aryl methyl sites for hydroxylation is 1. The molecule has 1 saturated heterocycles. The lowest BCUT2D eigenvalue weighted by molar-refractivity contribution is -0.119. The summed E-state index contributed by atoms with van der Waals surface area (Å²) in [6.07, 6.45) is 0.748. The molecule has 0 aromatic heterocycles. The molecule has 0 radical (unpaired) electrons. The van der Waals surface area contributed by atoms with Gasteiger partial charge >= 0.3 is 0 Å². The van der Waals surface area contributed by atoms with E-state index < -0.39 is 0 Å². The Kier molecular flexibility index (Phi) is 3.74. The number of rotatable bonds is 2. The summed E-state index contributed by atoms with van der Waals surface area (Å²) in [7, 11) is 0. The number of phenolic OH excluding ortho intramolecular Hbond substituents is 1. The minimum Gasteiger partial charge on any atom is -0.507 e. The van der Waals surface area contributed by atoms with Crippen LogP contribution in [0, 0.1) is 6.92 Å². The van der Waals surface area contributed by atoms with E-state index in [1.165, 1.54) is 6.92 Å². The third-order valence-electron chi connectivity index (χ3n) is 3.27. The molecule has 1 heterocycles. The van der Waals surface area contributed by atoms with Crippen LogP contribution in [0.3, 0.4) is 0 Å². The van der Waals surface area contributed by atoms with Gasteiger partial charge in [0.2, 0.25) is 5.91 Å². The Morgan fingerprint density at radius 1 is 1.42 bits per heavy atom. The highest BCUT2D eigenvalue weighted by Gasteiger charge is 2.28. The number of benzene rings is 1. The summed E-state index contributed by atoms with van der Waals surface area (Å²) in [5.74, 6) is -0.268. The number of nitrogens with zero attached hydrogens (tertiary/aromatic N) is 1. The van der Waals surface area contributed by atoms with Crippen molar-refractivity contribution in [3.8, 4) is 5.75 Å². The van der Waals surface area contributed by atoms with Crippen LogP contribution in [0.15, 0.2) is 18.2 Å². The lowest BCUT2D eigenvalue weighted by atomic mass is 10.1. The standard InChI is InChI=1S/C14H18N2O3/c1-9-3-4-12(13(18)7-9)14(19)16-6-5-11(8-16)15-10(2)17/h3-4,7,11,18H,5-6,8H2,1-2H3,(H,15,17). The first-order valence-corrected chi connectivity index (χ1v) is 6.33. The fourth-order valence-electron chi connectivity index (χ4n) is 2.34. The largest absolute Gasteiger partial charge is 0.507 e. The molecule has 0 saturated carbocycles. The maximum Gasteiger partial charge on any atom is 0.257 e. The number of likely N-dealkylation sites (tertiary alicyclic amines) is 1. The second-order valence-corrected chi connectivity index (χ2v) is 4.96. The lowest BCUT2D eigenvalue weighted by Gasteiger charge is -2.17. The first-order chi connectivity index (χ1) is 8.97. The highest BCUT2D eigenvalue weighted by atomic mass is 16.3. The molecule has 0 bridgehead atoms. The Morgan fingerprint density at radius 3 is 2.79 bits per heavy atom. The molecular formula is C14H18N2O3. The Hall–Kier alpha value is -2.04. The second kappa shape index (κ2) is 5.30. The molecule has 1 aliphatic rings. The van der Waals surface area contributed by atoms with E-state index in [1.807, 2.05) is 6.92 Å². The monoisotopic (exact) mass is 262 g/mol. The van der Waals surface area contributed by atoms with Gasteiger partial charge in [-0.1, -0.05) is 6.07 Å². The SMILES string of the molecule is CC(=O)NC1CCN(C(=O)c2ccc(C)cc2O)C1. The summed E-state index contributed by atoms with van der Waals surface area (Å²) in [5.41, 5.74) is 1.22. The fraction of sp³-hybridized carbons (Fsp3) is 0.429. The van der Waals surface area contributed by atoms with Gasteiger partial charge < -0.3 is 15.3 Å². The summed E-state index contributed by atoms with van der Waals surface area (Å²) < 4.78 is 0. The molecule has 2 N–H and O–H groups in total. The Bertz CT molecular complexity index is 513. The number of phenols is 1. The molecule has 19 heavy (non-hydrogen) atoms. The molecule has 1 aliphatic heterocycles. The van der Waals surface area contributed by atoms with Gasteiger partial charge in [0.1, 0.15) is 5.75 Å². The zero-order valence-corrected chi connectivity index (χ0v) is 11.1. The van der Waals surface area contributed by atoms with Gasteiger partial charge in [-0.3, -0.25) is 9.59 Å². The van der Waals surface area contributed by atoms with E-state index in [2.05, 4.69) is 5.32 Å². The molecule has 2 amide bonds. The van der Waals surface area contributed by atoms with Crippen molar-refractivity contribution in [2.45, 2.75) is 26.3 Å². The van der Waals surface area contributed by atoms with Crippen molar-refractivity contribution in [2.24, 2.45) is 0 Å². The predicted octanol–water partition coefficient (Wildman–Crippen LogP) is 1.05. The molecule has 5 heteroatoms. The van der Waals surface area contributed by atoms with Gasteiger partial charge in [0.25, 0.3) is 5.91 Å². The van der Waals surface area contributed by atoms with Crippen LogP contribution in [-0.2, 0) is 4.79 Å². The molecule has 1 unspecified atom stereocenters. The van der Waals surface area contributed by atoms with E-state index in [-0.39, 0.29) is 23.6 Å². The zero-order valence-electron chi connectivity index (χ0n) is 11.1. The van der Waals surface area contributed by atoms with Gasteiger partial charge in [0.15, 0.2) is 0 Å². The zero-order chi connectivity index (χ0) is 14.0. The van der Waals surface area contributed by atoms with Crippen molar-refractivity contribution in [3.63, 3.8) is 0 Å². The smallest absolute Gasteiger partial charge is 0.257 e. The van der Waals surface area contributed by atoms with Crippen molar-refractivity contribution in [2.75, 3.05) is 13.1 Å². The molecule has 2 rings (SSSR count). The van der Waals surface area contributed by atoms with Gasteiger partial charge in [-0.15, -0.1) is 0 Å². The van der Waals surface area contributed by atoms with Crippen molar-refractivity contribution in [1.82, 2.24) is 10.2 Å². The summed E-state index contributed by atoms with van der Waals surface area (Å²) in [6, 6.07) is 5.02. The molecule has 5 nitrogen and oxygen atoms in total. The van der Waals surface area contributed by atoms with Gasteiger partial charge in [-0.05, 0) is 31.0 Å². The fourth-order valence-corrected chi connectivity index (χ4v) is 2.34. The average molecular weight is 262 g/mol. The van der Waals surface area contributed by atoms with E-state index in [0.29, 0.717) is 18.7 Å². The van der Waals surface area contributed by atoms with E-state index in [9.17, 15) is 14.7 Å². The van der Waals surface area contributed by atoms with E-state index >= 15 is 0 Å². The quantitative estimate of drug-likeness (QED) is 0.837. The third-order valence-corrected chi connectivity index (χ3v) is 3.27. The van der Waals surface area contributed by atoms with Crippen LogP contribution in [0.4, 0.5) is 0 Å². The van der Waals surface area contributed by atoms with E-state index in [0.717, 1.165) is 12.0 Å². The number of carbonyl (C=O) groups excluding carboxylic acids is 2. The molecule has 1 fully saturated rings. The maximum atomic E-state index is 12.3. The van der Waals surface area contributed by atoms with Crippen molar-refractivity contribution in [3.05, 3.63) is 29.3 Å². The molecule has 0 aliphatic carbocycles. The first-order valence-electron chi connectivity index (χ1n) is 6.33. The van der Waals surface area contributed by atoms with E-state index in [1.54, 1.807) is 23.1 Å². The topological polar surface area (TPSA) is 69.6 Å². The van der Waals surface area contributed by atoms with Gasteiger partial charge in [-0.2, -0.15) is 0 Å². The molecule has 0 spiro atoms. The highest BCUT2D eigenvalue weighted by Crippen LogP contribution is 2.22. The highest BCUT2D eigenvalue weighted by molar-refractivity contribution is 5.97. The number of hydrogen-bond donors (Lipinski definition) is 2. The lowest BCUT2D eigenvalue weighted by Crippen LogP contribution is -2.37. The van der Waals surface area contributed by atoms with Crippen LogP contribution in [0.25, 0.3) is 0 Å². The molecule has 1 atom stereocenters. The van der Waals surface area contributed by atoms with Gasteiger partial charge in [0, 0.05) is 26.1 Å². The number of aromatic hydroxyl groups is 1. The molecule has 1 aromatic rings. The number of nitrogens with one attached hydrogen (secondary N) is 1. The third kappa shape index (κ3) is 3.05. The second-order valence-electron chi connectivity index (χ2n) is 4.96. The van der Waals surface area contributed by atoms with Gasteiger partial charge in [0.05, 0.1) is 5.56 Å². The van der Waals surface area contributed by atoms with Crippen molar-refractivity contribution in [1.29, 1.82) is 0 Å². The van der Waals surface area contributed by atoms with Crippen molar-refractivity contribution < 1.29 is 14.7 Å². The average Bonchev–Trinajstić information content (AvgIpc) is 2.75. The van der Waals surface area contributed by atoms with Crippen LogP contribution in [0.2, 0.25) is 0 Å². The maximum absolute atomic E-state index is 12.3. The first kappa shape index (κ1) is 13.4. The van der Waals surface area contributed by atoms with Crippen LogP contribution in [-0.4, -0.2) is 41.0 Å². The summed E-state index contributed by atoms with van der Waals surface area (Å²) >= 11 is 0. The number of hydrogen-bond acceptors (Lipinski definition) is 3. The summed E-state index contributed by atoms with van der Waals surface area (Å²) in [6.45, 7) is 4.41. The van der Waals surface area contributed by atoms with Gasteiger partial charge in [-0.25, -0.2) is 0 Å². The van der Waals surface area contributed by atoms with Crippen LogP contribution >= 0.6 is 0 Å². The Morgan fingerprint density at radius 2 is 2.16 bits per heavy atom. The van der Waals surface area contributed by atoms with Crippen LogP contribution in [0.1, 0.15) is 29.3 Å². The summed E-state index contributed by atoms with van der Waals surface area (Å²) in [4.78, 5) is 24.9. The Balaban J connectivity index is 2.07. The van der Waals surface area contributed by atoms with Crippen molar-refractivity contribution >= 4 is 11.8 Å². The molecule has 1 aromatic carbocycles. The minimum absolute atomic E-state index is 0.00739. The van der Waals surface area contributed by atoms with Crippen LogP contribution < -0.4 is 5.32 Å². The Labute approximate surface area is 112 Å². The predicted molar refractivity (Wildman–Crippen MR) is 71.0 cm³/mol. The summed E-state index contributed by atoms with van der Waals surface area (Å²) in [5, 5.41) is 12.6. The van der Waals surface area contributed by atoms with E-state index in [4.69, 9.17) is 0 Å². The number of carbonyl (C=O) groups is 2. The minimum atomic E-state index is -0.189. The number of amides is 2. The molecule has 102 valence electrons.